The van der Waals surface area contributed by atoms with E-state index in [2.05, 4.69) is 12.1 Å². The van der Waals surface area contributed by atoms with Gasteiger partial charge in [0.25, 0.3) is 10.2 Å². The maximum absolute atomic E-state index is 13.6. The normalized spacial score (nSPS) is 25.2. The molecule has 2 saturated heterocycles. The van der Waals surface area contributed by atoms with Gasteiger partial charge in [-0.25, -0.2) is 5.01 Å². The van der Waals surface area contributed by atoms with Crippen LogP contribution in [-0.4, -0.2) is 48.8 Å². The Morgan fingerprint density at radius 1 is 0.893 bits per heavy atom. The fourth-order valence-corrected chi connectivity index (χ4v) is 6.43. The second-order valence-electron chi connectivity index (χ2n) is 7.59. The van der Waals surface area contributed by atoms with E-state index in [4.69, 9.17) is 11.6 Å². The number of hydrazine groups is 1. The van der Waals surface area contributed by atoms with Crippen molar-refractivity contribution >= 4 is 21.8 Å². The van der Waals surface area contributed by atoms with Crippen LogP contribution < -0.4 is 0 Å². The Labute approximate surface area is 172 Å². The third-order valence-corrected chi connectivity index (χ3v) is 7.98. The molecule has 2 fully saturated rings. The number of nitrogens with zero attached hydrogens (tertiary/aromatic N) is 3. The Balaban J connectivity index is 1.78. The van der Waals surface area contributed by atoms with E-state index in [1.54, 1.807) is 8.72 Å². The minimum atomic E-state index is -3.60. The SMILES string of the molecule is CN1C[C@H](c2ccccc2)C(c2ccc(Cl)cc2)N1S(=O)(=O)N1CCCCC1. The van der Waals surface area contributed by atoms with E-state index in [1.807, 2.05) is 54.5 Å². The molecule has 0 aromatic heterocycles. The van der Waals surface area contributed by atoms with Crippen LogP contribution in [0.3, 0.4) is 0 Å². The van der Waals surface area contributed by atoms with E-state index in [1.165, 1.54) is 0 Å². The molecular weight excluding hydrogens is 394 g/mol. The number of hydrogen-bond acceptors (Lipinski definition) is 3. The number of likely N-dealkylation sites (N-methyl/N-ethyl adjacent to an activating group) is 1. The molecule has 0 amide bonds. The first-order valence-electron chi connectivity index (χ1n) is 9.79. The van der Waals surface area contributed by atoms with Gasteiger partial charge in [0.1, 0.15) is 0 Å². The summed E-state index contributed by atoms with van der Waals surface area (Å²) in [7, 11) is -1.73. The lowest BCUT2D eigenvalue weighted by Gasteiger charge is -2.36. The van der Waals surface area contributed by atoms with Gasteiger partial charge in [0, 0.05) is 37.6 Å². The summed E-state index contributed by atoms with van der Waals surface area (Å²) >= 11 is 6.10. The Bertz CT molecular complexity index is 899. The summed E-state index contributed by atoms with van der Waals surface area (Å²) in [5.41, 5.74) is 2.11. The van der Waals surface area contributed by atoms with Crippen molar-refractivity contribution in [3.05, 3.63) is 70.7 Å². The largest absolute Gasteiger partial charge is 0.295 e. The highest BCUT2D eigenvalue weighted by atomic mass is 35.5. The van der Waals surface area contributed by atoms with Crippen molar-refractivity contribution in [2.45, 2.75) is 31.2 Å². The van der Waals surface area contributed by atoms with Crippen LogP contribution in [0.15, 0.2) is 54.6 Å². The second kappa shape index (κ2) is 8.13. The molecule has 0 bridgehead atoms. The quantitative estimate of drug-likeness (QED) is 0.750. The predicted octanol–water partition coefficient (Wildman–Crippen LogP) is 4.06. The number of piperidine rings is 1. The van der Waals surface area contributed by atoms with Crippen LogP contribution in [0.2, 0.25) is 5.02 Å². The van der Waals surface area contributed by atoms with Crippen LogP contribution in [-0.2, 0) is 10.2 Å². The van der Waals surface area contributed by atoms with Crippen LogP contribution in [0.1, 0.15) is 42.3 Å². The van der Waals surface area contributed by atoms with Crippen LogP contribution in [0, 0.1) is 0 Å². The first kappa shape index (κ1) is 19.9. The first-order chi connectivity index (χ1) is 13.5. The zero-order valence-corrected chi connectivity index (χ0v) is 17.6. The molecule has 2 aromatic rings. The van der Waals surface area contributed by atoms with E-state index < -0.39 is 10.2 Å². The molecule has 2 heterocycles. The van der Waals surface area contributed by atoms with Crippen LogP contribution >= 0.6 is 11.6 Å². The highest BCUT2D eigenvalue weighted by molar-refractivity contribution is 7.86. The maximum Gasteiger partial charge on any atom is 0.295 e. The molecule has 4 rings (SSSR count). The summed E-state index contributed by atoms with van der Waals surface area (Å²) in [5, 5.41) is 2.51. The number of rotatable bonds is 4. The van der Waals surface area contributed by atoms with Gasteiger partial charge in [-0.3, -0.25) is 0 Å². The summed E-state index contributed by atoms with van der Waals surface area (Å²) in [6.45, 7) is 1.83. The lowest BCUT2D eigenvalue weighted by molar-refractivity contribution is 0.111. The van der Waals surface area contributed by atoms with Gasteiger partial charge in [0.15, 0.2) is 0 Å². The van der Waals surface area contributed by atoms with Gasteiger partial charge in [-0.2, -0.15) is 12.7 Å². The molecular formula is C21H26ClN3O2S. The lowest BCUT2D eigenvalue weighted by atomic mass is 9.89. The Morgan fingerprint density at radius 3 is 2.18 bits per heavy atom. The van der Waals surface area contributed by atoms with E-state index >= 15 is 0 Å². The molecule has 0 spiro atoms. The summed E-state index contributed by atoms with van der Waals surface area (Å²) in [6, 6.07) is 17.4. The van der Waals surface area contributed by atoms with Gasteiger partial charge in [0.2, 0.25) is 0 Å². The average molecular weight is 420 g/mol. The molecule has 0 radical (unpaired) electrons. The minimum Gasteiger partial charge on any atom is -0.229 e. The van der Waals surface area contributed by atoms with Crippen molar-refractivity contribution in [2.24, 2.45) is 0 Å². The highest BCUT2D eigenvalue weighted by Gasteiger charge is 2.48. The summed E-state index contributed by atoms with van der Waals surface area (Å²) in [5.74, 6) is 0.0481. The van der Waals surface area contributed by atoms with Gasteiger partial charge in [-0.05, 0) is 36.1 Å². The molecule has 2 atom stereocenters. The highest BCUT2D eigenvalue weighted by Crippen LogP contribution is 2.45. The van der Waals surface area contributed by atoms with E-state index in [0.29, 0.717) is 24.7 Å². The molecule has 2 aromatic carbocycles. The monoisotopic (exact) mass is 419 g/mol. The fraction of sp³-hybridized carbons (Fsp3) is 0.429. The fourth-order valence-electron chi connectivity index (χ4n) is 4.37. The van der Waals surface area contributed by atoms with Gasteiger partial charge < -0.3 is 0 Å². The molecule has 5 nitrogen and oxygen atoms in total. The van der Waals surface area contributed by atoms with Crippen LogP contribution in [0.5, 0.6) is 0 Å². The number of hydrogen-bond donors (Lipinski definition) is 0. The Hall–Kier alpha value is -1.44. The summed E-state index contributed by atoms with van der Waals surface area (Å²) in [4.78, 5) is 0. The molecule has 28 heavy (non-hydrogen) atoms. The van der Waals surface area contributed by atoms with Gasteiger partial charge >= 0.3 is 0 Å². The molecule has 150 valence electrons. The van der Waals surface area contributed by atoms with Gasteiger partial charge in [-0.1, -0.05) is 60.5 Å². The lowest BCUT2D eigenvalue weighted by Crippen LogP contribution is -2.50. The van der Waals surface area contributed by atoms with E-state index in [9.17, 15) is 8.42 Å². The Morgan fingerprint density at radius 2 is 1.54 bits per heavy atom. The number of halogens is 1. The molecule has 1 unspecified atom stereocenters. The topological polar surface area (TPSA) is 43.9 Å². The smallest absolute Gasteiger partial charge is 0.229 e. The van der Waals surface area contributed by atoms with Crippen molar-refractivity contribution in [3.63, 3.8) is 0 Å². The average Bonchev–Trinajstić information content (AvgIpc) is 3.08. The summed E-state index contributed by atoms with van der Waals surface area (Å²) < 4.78 is 30.5. The molecule has 0 N–H and O–H groups in total. The molecule has 2 aliphatic heterocycles. The van der Waals surface area contributed by atoms with Crippen LogP contribution in [0.25, 0.3) is 0 Å². The molecule has 0 saturated carbocycles. The van der Waals surface area contributed by atoms with Crippen LogP contribution in [0.4, 0.5) is 0 Å². The zero-order valence-electron chi connectivity index (χ0n) is 16.0. The predicted molar refractivity (Wildman–Crippen MR) is 112 cm³/mol. The Kier molecular flexibility index (Phi) is 5.76. The number of benzene rings is 2. The molecule has 0 aliphatic carbocycles. The standard InChI is InChI=1S/C21H26ClN3O2S/c1-23-16-20(17-8-4-2-5-9-17)21(18-10-12-19(22)13-11-18)25(23)28(26,27)24-14-6-3-7-15-24/h2,4-5,8-13,20-21H,3,6-7,14-16H2,1H3/t20-,21?/m1/s1. The van der Waals surface area contributed by atoms with Crippen molar-refractivity contribution < 1.29 is 8.42 Å². The first-order valence-corrected chi connectivity index (χ1v) is 11.6. The van der Waals surface area contributed by atoms with Crippen molar-refractivity contribution in [3.8, 4) is 0 Å². The minimum absolute atomic E-state index is 0.0481. The van der Waals surface area contributed by atoms with E-state index in [0.717, 1.165) is 30.4 Å². The van der Waals surface area contributed by atoms with Gasteiger partial charge in [0.05, 0.1) is 6.04 Å². The third-order valence-electron chi connectivity index (χ3n) is 5.73. The second-order valence-corrected chi connectivity index (χ2v) is 9.82. The third kappa shape index (κ3) is 3.72. The maximum atomic E-state index is 13.6. The van der Waals surface area contributed by atoms with Crippen molar-refractivity contribution in [1.82, 2.24) is 13.7 Å². The van der Waals surface area contributed by atoms with Crippen molar-refractivity contribution in [1.29, 1.82) is 0 Å². The molecule has 7 heteroatoms. The zero-order chi connectivity index (χ0) is 19.7. The van der Waals surface area contributed by atoms with Crippen molar-refractivity contribution in [2.75, 3.05) is 26.7 Å². The summed E-state index contributed by atoms with van der Waals surface area (Å²) in [6.07, 6.45) is 2.93. The van der Waals surface area contributed by atoms with Gasteiger partial charge in [-0.15, -0.1) is 4.41 Å². The van der Waals surface area contributed by atoms with E-state index in [-0.39, 0.29) is 12.0 Å². The molecule has 2 aliphatic rings.